The van der Waals surface area contributed by atoms with Gasteiger partial charge in [0.15, 0.2) is 5.16 Å². The van der Waals surface area contributed by atoms with Crippen molar-refractivity contribution in [3.63, 3.8) is 0 Å². The number of amides is 1. The van der Waals surface area contributed by atoms with Crippen LogP contribution in [0.15, 0.2) is 40.8 Å². The zero-order valence-electron chi connectivity index (χ0n) is 16.9. The van der Waals surface area contributed by atoms with Crippen LogP contribution < -0.4 is 10.9 Å². The number of benzene rings is 1. The molecule has 162 valence electrons. The molecule has 1 aliphatic rings. The number of thioether (sulfide) groups is 1. The average molecular weight is 478 g/mol. The molecule has 4 rings (SSSR count). The van der Waals surface area contributed by atoms with E-state index in [0.717, 1.165) is 29.7 Å². The number of aromatic nitrogens is 2. The van der Waals surface area contributed by atoms with E-state index in [1.807, 2.05) is 0 Å². The minimum absolute atomic E-state index is 0.0478. The maximum Gasteiger partial charge on any atom is 0.263 e. The average Bonchev–Trinajstić information content (AvgIpc) is 3.09. The van der Waals surface area contributed by atoms with Gasteiger partial charge in [-0.1, -0.05) is 36.4 Å². The van der Waals surface area contributed by atoms with Crippen LogP contribution in [0.3, 0.4) is 0 Å². The lowest BCUT2D eigenvalue weighted by Gasteiger charge is -2.17. The quantitative estimate of drug-likeness (QED) is 0.297. The number of nitrogens with zero attached hydrogens (tertiary/aromatic N) is 2. The number of allylic oxidation sites excluding steroid dienone is 1. The molecule has 1 N–H and O–H groups in total. The van der Waals surface area contributed by atoms with Gasteiger partial charge in [-0.2, -0.15) is 0 Å². The second-order valence-electron chi connectivity index (χ2n) is 7.60. The van der Waals surface area contributed by atoms with Crippen LogP contribution in [0.4, 0.5) is 10.1 Å². The van der Waals surface area contributed by atoms with Gasteiger partial charge in [-0.3, -0.25) is 14.2 Å². The lowest BCUT2D eigenvalue weighted by molar-refractivity contribution is -0.113. The first kappa shape index (κ1) is 22.0. The lowest BCUT2D eigenvalue weighted by atomic mass is 9.89. The van der Waals surface area contributed by atoms with Crippen molar-refractivity contribution in [3.8, 4) is 0 Å². The van der Waals surface area contributed by atoms with Crippen LogP contribution in [-0.2, 0) is 24.2 Å². The Balaban J connectivity index is 1.59. The Morgan fingerprint density at radius 3 is 3.06 bits per heavy atom. The van der Waals surface area contributed by atoms with E-state index in [2.05, 4.69) is 18.8 Å². The van der Waals surface area contributed by atoms with Crippen molar-refractivity contribution in [2.75, 3.05) is 11.1 Å². The van der Waals surface area contributed by atoms with Gasteiger partial charge in [-0.15, -0.1) is 17.9 Å². The van der Waals surface area contributed by atoms with E-state index >= 15 is 0 Å². The molecule has 2 heterocycles. The summed E-state index contributed by atoms with van der Waals surface area (Å²) in [5.74, 6) is -0.195. The van der Waals surface area contributed by atoms with Crippen molar-refractivity contribution in [2.45, 2.75) is 37.9 Å². The first-order valence-corrected chi connectivity index (χ1v) is 12.1. The van der Waals surface area contributed by atoms with Crippen molar-refractivity contribution in [3.05, 3.63) is 62.5 Å². The molecule has 0 fully saturated rings. The van der Waals surface area contributed by atoms with Crippen LogP contribution in [0, 0.1) is 11.7 Å². The normalized spacial score (nSPS) is 15.6. The van der Waals surface area contributed by atoms with Gasteiger partial charge in [0.2, 0.25) is 5.91 Å². The SMILES string of the molecule is C=CCn1c(SCC(=O)Nc2ccc(F)c(Cl)c2)nc2sc3c(c2c1=O)CCC(C)C3. The predicted octanol–water partition coefficient (Wildman–Crippen LogP) is 5.29. The van der Waals surface area contributed by atoms with Crippen molar-refractivity contribution in [1.29, 1.82) is 0 Å². The predicted molar refractivity (Wildman–Crippen MR) is 126 cm³/mol. The number of carbonyl (C=O) groups excluding carboxylic acids is 1. The fourth-order valence-electron chi connectivity index (χ4n) is 3.71. The highest BCUT2D eigenvalue weighted by atomic mass is 35.5. The summed E-state index contributed by atoms with van der Waals surface area (Å²) in [7, 11) is 0. The van der Waals surface area contributed by atoms with Gasteiger partial charge in [0.1, 0.15) is 10.6 Å². The number of rotatable bonds is 6. The molecule has 3 aromatic rings. The summed E-state index contributed by atoms with van der Waals surface area (Å²) < 4.78 is 14.9. The molecule has 0 bridgehead atoms. The Labute approximate surface area is 192 Å². The number of aryl methyl sites for hydroxylation is 1. The molecule has 2 aromatic heterocycles. The summed E-state index contributed by atoms with van der Waals surface area (Å²) in [5.41, 5.74) is 1.46. The van der Waals surface area contributed by atoms with Crippen LogP contribution in [0.5, 0.6) is 0 Å². The van der Waals surface area contributed by atoms with Crippen LogP contribution >= 0.6 is 34.7 Å². The Morgan fingerprint density at radius 2 is 2.32 bits per heavy atom. The molecule has 0 spiro atoms. The number of anilines is 1. The van der Waals surface area contributed by atoms with Crippen molar-refractivity contribution in [2.24, 2.45) is 5.92 Å². The fourth-order valence-corrected chi connectivity index (χ4v) is 6.12. The van der Waals surface area contributed by atoms with Crippen LogP contribution in [-0.4, -0.2) is 21.2 Å². The summed E-state index contributed by atoms with van der Waals surface area (Å²) in [4.78, 5) is 32.4. The van der Waals surface area contributed by atoms with Gasteiger partial charge in [-0.25, -0.2) is 9.37 Å². The standard InChI is InChI=1S/C22H21ClFN3O2S2/c1-3-8-27-21(29)19-14-6-4-12(2)9-17(14)31-20(19)26-22(27)30-11-18(28)25-13-5-7-16(24)15(23)10-13/h3,5,7,10,12H,1,4,6,8-9,11H2,2H3,(H,25,28). The summed E-state index contributed by atoms with van der Waals surface area (Å²) in [6.07, 6.45) is 4.60. The van der Waals surface area contributed by atoms with Gasteiger partial charge in [0, 0.05) is 17.1 Å². The second kappa shape index (κ2) is 9.14. The van der Waals surface area contributed by atoms with E-state index in [1.54, 1.807) is 22.0 Å². The van der Waals surface area contributed by atoms with Gasteiger partial charge in [-0.05, 0) is 48.9 Å². The topological polar surface area (TPSA) is 64.0 Å². The molecule has 9 heteroatoms. The third-order valence-electron chi connectivity index (χ3n) is 5.23. The molecule has 0 radical (unpaired) electrons. The molecule has 5 nitrogen and oxygen atoms in total. The monoisotopic (exact) mass is 477 g/mol. The van der Waals surface area contributed by atoms with Gasteiger partial charge in [0.05, 0.1) is 16.2 Å². The molecule has 31 heavy (non-hydrogen) atoms. The number of thiophene rings is 1. The molecule has 1 unspecified atom stereocenters. The van der Waals surface area contributed by atoms with Gasteiger partial charge in [0.25, 0.3) is 5.56 Å². The largest absolute Gasteiger partial charge is 0.325 e. The van der Waals surface area contributed by atoms with E-state index in [9.17, 15) is 14.0 Å². The van der Waals surface area contributed by atoms with E-state index < -0.39 is 5.82 Å². The third-order valence-corrected chi connectivity index (χ3v) is 7.64. The van der Waals surface area contributed by atoms with E-state index in [4.69, 9.17) is 16.6 Å². The molecular formula is C22H21ClFN3O2S2. The Morgan fingerprint density at radius 1 is 1.52 bits per heavy atom. The van der Waals surface area contributed by atoms with Gasteiger partial charge >= 0.3 is 0 Å². The third kappa shape index (κ3) is 4.56. The van der Waals surface area contributed by atoms with E-state index in [-0.39, 0.29) is 22.2 Å². The summed E-state index contributed by atoms with van der Waals surface area (Å²) in [6.45, 7) is 6.30. The Hall–Kier alpha value is -2.16. The minimum Gasteiger partial charge on any atom is -0.325 e. The smallest absolute Gasteiger partial charge is 0.263 e. The minimum atomic E-state index is -0.548. The molecule has 1 aliphatic carbocycles. The van der Waals surface area contributed by atoms with Crippen LogP contribution in [0.25, 0.3) is 10.2 Å². The molecule has 1 atom stereocenters. The molecule has 1 aromatic carbocycles. The maximum atomic E-state index is 13.3. The summed E-state index contributed by atoms with van der Waals surface area (Å²) in [5, 5.41) is 3.82. The number of carbonyl (C=O) groups is 1. The fraction of sp³-hybridized carbons (Fsp3) is 0.318. The van der Waals surface area contributed by atoms with Crippen molar-refractivity contribution >= 4 is 56.5 Å². The molecule has 0 aliphatic heterocycles. The van der Waals surface area contributed by atoms with Crippen LogP contribution in [0.2, 0.25) is 5.02 Å². The highest BCUT2D eigenvalue weighted by Gasteiger charge is 2.24. The summed E-state index contributed by atoms with van der Waals surface area (Å²) >= 11 is 8.54. The second-order valence-corrected chi connectivity index (χ2v) is 10.0. The number of hydrogen-bond donors (Lipinski definition) is 1. The van der Waals surface area contributed by atoms with E-state index in [1.165, 1.54) is 34.8 Å². The zero-order valence-corrected chi connectivity index (χ0v) is 19.3. The molecule has 0 saturated carbocycles. The van der Waals surface area contributed by atoms with Crippen molar-refractivity contribution < 1.29 is 9.18 Å². The van der Waals surface area contributed by atoms with Crippen molar-refractivity contribution in [1.82, 2.24) is 9.55 Å². The maximum absolute atomic E-state index is 13.3. The first-order chi connectivity index (χ1) is 14.9. The zero-order chi connectivity index (χ0) is 22.1. The summed E-state index contributed by atoms with van der Waals surface area (Å²) in [6, 6.07) is 4.00. The Bertz CT molecular complexity index is 1240. The number of nitrogens with one attached hydrogen (secondary N) is 1. The number of fused-ring (bicyclic) bond motifs is 3. The Kier molecular flexibility index (Phi) is 6.50. The highest BCUT2D eigenvalue weighted by Crippen LogP contribution is 2.36. The molecule has 1 amide bonds. The highest BCUT2D eigenvalue weighted by molar-refractivity contribution is 7.99. The van der Waals surface area contributed by atoms with Crippen LogP contribution in [0.1, 0.15) is 23.8 Å². The van der Waals surface area contributed by atoms with E-state index in [0.29, 0.717) is 28.7 Å². The number of hydrogen-bond acceptors (Lipinski definition) is 5. The van der Waals surface area contributed by atoms with Gasteiger partial charge < -0.3 is 5.32 Å². The molecular weight excluding hydrogens is 457 g/mol. The first-order valence-electron chi connectivity index (χ1n) is 9.91. The lowest BCUT2D eigenvalue weighted by Crippen LogP contribution is -2.24. The molecule has 0 saturated heterocycles. The number of halogens is 2.